The quantitative estimate of drug-likeness (QED) is 0.920. The number of benzene rings is 1. The molecule has 0 aliphatic heterocycles. The first-order chi connectivity index (χ1) is 9.13. The molecule has 1 unspecified atom stereocenters. The summed E-state index contributed by atoms with van der Waals surface area (Å²) < 4.78 is 13.8. The topological polar surface area (TPSA) is 24.9 Å². The molecule has 1 aromatic carbocycles. The van der Waals surface area contributed by atoms with Gasteiger partial charge in [-0.3, -0.25) is 4.98 Å². The third kappa shape index (κ3) is 3.19. The summed E-state index contributed by atoms with van der Waals surface area (Å²) in [6.45, 7) is 4.94. The van der Waals surface area contributed by atoms with Crippen LogP contribution in [-0.4, -0.2) is 11.5 Å². The van der Waals surface area contributed by atoms with Crippen LogP contribution in [0.3, 0.4) is 0 Å². The summed E-state index contributed by atoms with van der Waals surface area (Å²) in [5.41, 5.74) is 3.30. The number of aryl methyl sites for hydroxylation is 1. The summed E-state index contributed by atoms with van der Waals surface area (Å²) in [6, 6.07) is 7.11. The molecular formula is C15H16BrFN2. The molecule has 0 bridgehead atoms. The summed E-state index contributed by atoms with van der Waals surface area (Å²) >= 11 is 3.24. The van der Waals surface area contributed by atoms with Crippen molar-refractivity contribution >= 4 is 15.9 Å². The summed E-state index contributed by atoms with van der Waals surface area (Å²) in [7, 11) is 0. The van der Waals surface area contributed by atoms with E-state index in [1.54, 1.807) is 12.3 Å². The van der Waals surface area contributed by atoms with E-state index in [0.29, 0.717) is 4.47 Å². The zero-order valence-electron chi connectivity index (χ0n) is 11.0. The van der Waals surface area contributed by atoms with Gasteiger partial charge in [0.25, 0.3) is 0 Å². The van der Waals surface area contributed by atoms with E-state index in [4.69, 9.17) is 0 Å². The zero-order chi connectivity index (χ0) is 13.8. The van der Waals surface area contributed by atoms with Crippen molar-refractivity contribution in [1.82, 2.24) is 10.3 Å². The number of aromatic nitrogens is 1. The molecule has 100 valence electrons. The number of nitrogens with zero attached hydrogens (tertiary/aromatic N) is 1. The van der Waals surface area contributed by atoms with E-state index in [0.717, 1.165) is 17.7 Å². The first-order valence-corrected chi connectivity index (χ1v) is 7.01. The molecule has 2 nitrogen and oxygen atoms in total. The normalized spacial score (nSPS) is 12.4. The number of halogens is 2. The van der Waals surface area contributed by atoms with Crippen LogP contribution < -0.4 is 5.32 Å². The van der Waals surface area contributed by atoms with E-state index < -0.39 is 0 Å². The molecule has 2 aromatic rings. The van der Waals surface area contributed by atoms with Gasteiger partial charge in [-0.25, -0.2) is 4.39 Å². The maximum atomic E-state index is 13.4. The van der Waals surface area contributed by atoms with Crippen LogP contribution in [0.1, 0.15) is 29.7 Å². The van der Waals surface area contributed by atoms with Gasteiger partial charge in [-0.05, 0) is 64.3 Å². The van der Waals surface area contributed by atoms with Crippen molar-refractivity contribution in [2.75, 3.05) is 6.54 Å². The van der Waals surface area contributed by atoms with Crippen molar-refractivity contribution in [2.24, 2.45) is 0 Å². The highest BCUT2D eigenvalue weighted by Crippen LogP contribution is 2.27. The Balaban J connectivity index is 2.45. The lowest BCUT2D eigenvalue weighted by molar-refractivity contribution is 0.606. The maximum Gasteiger partial charge on any atom is 0.137 e. The molecule has 0 spiro atoms. The summed E-state index contributed by atoms with van der Waals surface area (Å²) in [4.78, 5) is 4.19. The number of hydrogen-bond donors (Lipinski definition) is 1. The van der Waals surface area contributed by atoms with Crippen LogP contribution >= 0.6 is 15.9 Å². The van der Waals surface area contributed by atoms with Gasteiger partial charge in [0, 0.05) is 12.4 Å². The second kappa shape index (κ2) is 6.26. The zero-order valence-corrected chi connectivity index (χ0v) is 12.5. The van der Waals surface area contributed by atoms with Crippen LogP contribution in [0.5, 0.6) is 0 Å². The molecule has 0 saturated heterocycles. The first-order valence-electron chi connectivity index (χ1n) is 6.22. The van der Waals surface area contributed by atoms with Crippen molar-refractivity contribution in [1.29, 1.82) is 0 Å². The van der Waals surface area contributed by atoms with Crippen LogP contribution in [0, 0.1) is 12.7 Å². The number of pyridine rings is 1. The van der Waals surface area contributed by atoms with Crippen LogP contribution in [0.25, 0.3) is 0 Å². The van der Waals surface area contributed by atoms with Crippen molar-refractivity contribution in [3.63, 3.8) is 0 Å². The lowest BCUT2D eigenvalue weighted by atomic mass is 9.97. The molecule has 0 radical (unpaired) electrons. The van der Waals surface area contributed by atoms with E-state index in [9.17, 15) is 4.39 Å². The Hall–Kier alpha value is -1.26. The molecule has 1 aromatic heterocycles. The van der Waals surface area contributed by atoms with Gasteiger partial charge in [0.1, 0.15) is 5.82 Å². The largest absolute Gasteiger partial charge is 0.306 e. The highest BCUT2D eigenvalue weighted by atomic mass is 79.9. The standard InChI is InChI=1S/C15H16BrFN2/c1-3-19-15(12-9-18-7-6-10(12)2)11-4-5-14(17)13(16)8-11/h4-9,15,19H,3H2,1-2H3. The molecule has 19 heavy (non-hydrogen) atoms. The molecule has 4 heteroatoms. The highest BCUT2D eigenvalue weighted by Gasteiger charge is 2.16. The molecule has 2 rings (SSSR count). The van der Waals surface area contributed by atoms with Crippen molar-refractivity contribution in [2.45, 2.75) is 19.9 Å². The van der Waals surface area contributed by atoms with E-state index in [1.165, 1.54) is 11.6 Å². The van der Waals surface area contributed by atoms with Gasteiger partial charge in [0.2, 0.25) is 0 Å². The minimum absolute atomic E-state index is 0.0237. The Labute approximate surface area is 121 Å². The van der Waals surface area contributed by atoms with E-state index in [1.807, 2.05) is 18.3 Å². The molecule has 0 amide bonds. The van der Waals surface area contributed by atoms with Crippen molar-refractivity contribution in [3.05, 3.63) is 63.6 Å². The van der Waals surface area contributed by atoms with Crippen LogP contribution in [-0.2, 0) is 0 Å². The first kappa shape index (κ1) is 14.2. The fourth-order valence-electron chi connectivity index (χ4n) is 2.08. The minimum atomic E-state index is -0.248. The Morgan fingerprint density at radius 1 is 1.37 bits per heavy atom. The van der Waals surface area contributed by atoms with Crippen molar-refractivity contribution in [3.8, 4) is 0 Å². The predicted octanol–water partition coefficient (Wildman–Crippen LogP) is 3.99. The summed E-state index contributed by atoms with van der Waals surface area (Å²) in [5, 5.41) is 3.42. The molecule has 0 saturated carbocycles. The van der Waals surface area contributed by atoms with Gasteiger partial charge in [-0.2, -0.15) is 0 Å². The summed E-state index contributed by atoms with van der Waals surface area (Å²) in [5.74, 6) is -0.248. The highest BCUT2D eigenvalue weighted by molar-refractivity contribution is 9.10. The van der Waals surface area contributed by atoms with E-state index in [2.05, 4.69) is 40.1 Å². The monoisotopic (exact) mass is 322 g/mol. The van der Waals surface area contributed by atoms with Crippen molar-refractivity contribution < 1.29 is 4.39 Å². The van der Waals surface area contributed by atoms with Gasteiger partial charge in [0.15, 0.2) is 0 Å². The molecule has 0 fully saturated rings. The molecule has 1 heterocycles. The molecule has 1 atom stereocenters. The van der Waals surface area contributed by atoms with Crippen LogP contribution in [0.2, 0.25) is 0 Å². The van der Waals surface area contributed by atoms with Gasteiger partial charge < -0.3 is 5.32 Å². The molecule has 0 aliphatic rings. The second-order valence-electron chi connectivity index (χ2n) is 4.40. The lowest BCUT2D eigenvalue weighted by Crippen LogP contribution is -2.23. The Morgan fingerprint density at radius 2 is 2.16 bits per heavy atom. The minimum Gasteiger partial charge on any atom is -0.306 e. The summed E-state index contributed by atoms with van der Waals surface area (Å²) in [6.07, 6.45) is 3.64. The smallest absolute Gasteiger partial charge is 0.137 e. The Morgan fingerprint density at radius 3 is 2.79 bits per heavy atom. The van der Waals surface area contributed by atoms with Gasteiger partial charge >= 0.3 is 0 Å². The van der Waals surface area contributed by atoms with Crippen LogP contribution in [0.15, 0.2) is 41.1 Å². The number of nitrogens with one attached hydrogen (secondary N) is 1. The number of hydrogen-bond acceptors (Lipinski definition) is 2. The SMILES string of the molecule is CCNC(c1ccc(F)c(Br)c1)c1cnccc1C. The van der Waals surface area contributed by atoms with Gasteiger partial charge in [0.05, 0.1) is 10.5 Å². The second-order valence-corrected chi connectivity index (χ2v) is 5.25. The molecule has 1 N–H and O–H groups in total. The molecular weight excluding hydrogens is 307 g/mol. The average molecular weight is 323 g/mol. The fourth-order valence-corrected chi connectivity index (χ4v) is 2.48. The predicted molar refractivity (Wildman–Crippen MR) is 78.6 cm³/mol. The molecule has 0 aliphatic carbocycles. The fraction of sp³-hybridized carbons (Fsp3) is 0.267. The lowest BCUT2D eigenvalue weighted by Gasteiger charge is -2.20. The third-order valence-corrected chi connectivity index (χ3v) is 3.68. The van der Waals surface area contributed by atoms with E-state index in [-0.39, 0.29) is 11.9 Å². The van der Waals surface area contributed by atoms with Gasteiger partial charge in [-0.15, -0.1) is 0 Å². The maximum absolute atomic E-state index is 13.4. The van der Waals surface area contributed by atoms with E-state index >= 15 is 0 Å². The van der Waals surface area contributed by atoms with Gasteiger partial charge in [-0.1, -0.05) is 13.0 Å². The Bertz CT molecular complexity index is 572. The average Bonchev–Trinajstić information content (AvgIpc) is 2.40. The third-order valence-electron chi connectivity index (χ3n) is 3.08. The van der Waals surface area contributed by atoms with Crippen LogP contribution in [0.4, 0.5) is 4.39 Å². The number of rotatable bonds is 4. The Kier molecular flexibility index (Phi) is 4.66.